The van der Waals surface area contributed by atoms with E-state index in [1.54, 1.807) is 14.2 Å². The van der Waals surface area contributed by atoms with Crippen LogP contribution in [0.5, 0.6) is 11.5 Å². The molecule has 2 aromatic carbocycles. The van der Waals surface area contributed by atoms with Gasteiger partial charge in [-0.2, -0.15) is 0 Å². The van der Waals surface area contributed by atoms with Gasteiger partial charge in [0.25, 0.3) is 0 Å². The first-order chi connectivity index (χ1) is 12.6. The van der Waals surface area contributed by atoms with Gasteiger partial charge in [0.15, 0.2) is 0 Å². The van der Waals surface area contributed by atoms with Gasteiger partial charge in [-0.3, -0.25) is 4.79 Å². The van der Waals surface area contributed by atoms with E-state index < -0.39 is 0 Å². The van der Waals surface area contributed by atoms with Crippen LogP contribution in [0.1, 0.15) is 23.8 Å². The average molecular weight is 353 g/mol. The van der Waals surface area contributed by atoms with Crippen LogP contribution >= 0.6 is 0 Å². The van der Waals surface area contributed by atoms with Crippen LogP contribution in [0.4, 0.5) is 0 Å². The number of amides is 1. The van der Waals surface area contributed by atoms with Gasteiger partial charge in [0.1, 0.15) is 22.8 Å². The Morgan fingerprint density at radius 3 is 2.38 bits per heavy atom. The third-order valence-electron chi connectivity index (χ3n) is 4.35. The Balaban J connectivity index is 1.94. The van der Waals surface area contributed by atoms with Crippen molar-refractivity contribution < 1.29 is 18.7 Å². The summed E-state index contributed by atoms with van der Waals surface area (Å²) in [4.78, 5) is 11.2. The molecule has 136 valence electrons. The molecule has 1 heterocycles. The number of rotatable bonds is 7. The van der Waals surface area contributed by atoms with E-state index in [1.165, 1.54) is 6.92 Å². The molecule has 0 aliphatic rings. The summed E-state index contributed by atoms with van der Waals surface area (Å²) in [7, 11) is 3.30. The Hall–Kier alpha value is -2.95. The Kier molecular flexibility index (Phi) is 5.46. The van der Waals surface area contributed by atoms with Gasteiger partial charge < -0.3 is 19.2 Å². The smallest absolute Gasteiger partial charge is 0.216 e. The van der Waals surface area contributed by atoms with E-state index in [9.17, 15) is 4.79 Å². The molecule has 3 aromatic rings. The molecule has 3 rings (SSSR count). The molecule has 5 heteroatoms. The minimum absolute atomic E-state index is 0.0351. The van der Waals surface area contributed by atoms with Crippen LogP contribution in [0.15, 0.2) is 46.9 Å². The van der Waals surface area contributed by atoms with E-state index in [0.29, 0.717) is 19.4 Å². The van der Waals surface area contributed by atoms with Crippen molar-refractivity contribution in [1.82, 2.24) is 5.32 Å². The van der Waals surface area contributed by atoms with Crippen LogP contribution < -0.4 is 14.8 Å². The van der Waals surface area contributed by atoms with Gasteiger partial charge in [0.2, 0.25) is 5.91 Å². The summed E-state index contributed by atoms with van der Waals surface area (Å²) in [5.41, 5.74) is 3.06. The third-order valence-corrected chi connectivity index (χ3v) is 4.35. The molecule has 1 aromatic heterocycles. The predicted octanol–water partition coefficient (Wildman–Crippen LogP) is 3.72. The predicted molar refractivity (Wildman–Crippen MR) is 101 cm³/mol. The number of ether oxygens (including phenoxy) is 2. The lowest BCUT2D eigenvalue weighted by atomic mass is 10.0. The van der Waals surface area contributed by atoms with Crippen molar-refractivity contribution >= 4 is 16.9 Å². The van der Waals surface area contributed by atoms with Crippen molar-refractivity contribution in [3.8, 4) is 11.5 Å². The van der Waals surface area contributed by atoms with Crippen molar-refractivity contribution in [3.63, 3.8) is 0 Å². The Morgan fingerprint density at radius 1 is 1.04 bits per heavy atom. The zero-order valence-corrected chi connectivity index (χ0v) is 15.3. The first-order valence-electron chi connectivity index (χ1n) is 8.56. The molecule has 0 bridgehead atoms. The van der Waals surface area contributed by atoms with Crippen LogP contribution in [0.3, 0.4) is 0 Å². The number of hydrogen-bond acceptors (Lipinski definition) is 4. The SMILES string of the molecule is COc1ccc(Cc2oc3ccc(OC)cc3c2CCNC(C)=O)cc1. The van der Waals surface area contributed by atoms with Crippen molar-refractivity contribution in [2.24, 2.45) is 0 Å². The third kappa shape index (κ3) is 3.99. The fourth-order valence-electron chi connectivity index (χ4n) is 3.01. The van der Waals surface area contributed by atoms with Crippen LogP contribution in [0.2, 0.25) is 0 Å². The summed E-state index contributed by atoms with van der Waals surface area (Å²) in [5, 5.41) is 3.88. The van der Waals surface area contributed by atoms with Gasteiger partial charge >= 0.3 is 0 Å². The molecule has 26 heavy (non-hydrogen) atoms. The number of carbonyl (C=O) groups is 1. The van der Waals surface area contributed by atoms with E-state index in [0.717, 1.165) is 39.4 Å². The summed E-state index contributed by atoms with van der Waals surface area (Å²) in [6, 6.07) is 13.7. The Morgan fingerprint density at radius 2 is 1.73 bits per heavy atom. The lowest BCUT2D eigenvalue weighted by Gasteiger charge is -2.06. The van der Waals surface area contributed by atoms with Gasteiger partial charge in [-0.1, -0.05) is 12.1 Å². The minimum atomic E-state index is -0.0351. The molecule has 0 unspecified atom stereocenters. The van der Waals surface area contributed by atoms with Crippen molar-refractivity contribution in [2.45, 2.75) is 19.8 Å². The molecule has 1 N–H and O–H groups in total. The maximum absolute atomic E-state index is 11.2. The monoisotopic (exact) mass is 353 g/mol. The maximum atomic E-state index is 11.2. The van der Waals surface area contributed by atoms with Crippen molar-refractivity contribution in [3.05, 3.63) is 59.4 Å². The quantitative estimate of drug-likeness (QED) is 0.703. The molecule has 0 saturated heterocycles. The fraction of sp³-hybridized carbons (Fsp3) is 0.286. The van der Waals surface area contributed by atoms with E-state index in [-0.39, 0.29) is 5.91 Å². The summed E-state index contributed by atoms with van der Waals surface area (Å²) in [6.07, 6.45) is 1.38. The molecule has 0 saturated carbocycles. The normalized spacial score (nSPS) is 10.7. The van der Waals surface area contributed by atoms with E-state index in [2.05, 4.69) is 5.32 Å². The van der Waals surface area contributed by atoms with Gasteiger partial charge in [0, 0.05) is 30.8 Å². The molecule has 0 fully saturated rings. The molecule has 0 aliphatic carbocycles. The fourth-order valence-corrected chi connectivity index (χ4v) is 3.01. The van der Waals surface area contributed by atoms with Crippen LogP contribution in [0, 0.1) is 0 Å². The average Bonchev–Trinajstić information content (AvgIpc) is 2.98. The largest absolute Gasteiger partial charge is 0.497 e. The van der Waals surface area contributed by atoms with Gasteiger partial charge in [-0.05, 0) is 42.3 Å². The van der Waals surface area contributed by atoms with Crippen molar-refractivity contribution in [2.75, 3.05) is 20.8 Å². The topological polar surface area (TPSA) is 60.7 Å². The molecule has 0 atom stereocenters. The first kappa shape index (κ1) is 17.9. The number of benzene rings is 2. The number of hydrogen-bond donors (Lipinski definition) is 1. The number of methoxy groups -OCH3 is 2. The molecule has 0 spiro atoms. The van der Waals surface area contributed by atoms with Crippen molar-refractivity contribution in [1.29, 1.82) is 0 Å². The standard InChI is InChI=1S/C21H23NO4/c1-14(23)22-11-10-18-19-13-17(25-3)8-9-20(19)26-21(18)12-15-4-6-16(24-2)7-5-15/h4-9,13H,10-12H2,1-3H3,(H,22,23). The van der Waals surface area contributed by atoms with Gasteiger partial charge in [0.05, 0.1) is 14.2 Å². The van der Waals surface area contributed by atoms with Crippen LogP contribution in [0.25, 0.3) is 11.0 Å². The summed E-state index contributed by atoms with van der Waals surface area (Å²) in [6.45, 7) is 2.09. The van der Waals surface area contributed by atoms with Crippen LogP contribution in [-0.4, -0.2) is 26.7 Å². The molecule has 0 aliphatic heterocycles. The highest BCUT2D eigenvalue weighted by Gasteiger charge is 2.15. The lowest BCUT2D eigenvalue weighted by molar-refractivity contribution is -0.118. The Bertz CT molecular complexity index is 896. The molecule has 1 amide bonds. The van der Waals surface area contributed by atoms with Gasteiger partial charge in [-0.15, -0.1) is 0 Å². The minimum Gasteiger partial charge on any atom is -0.497 e. The molecule has 0 radical (unpaired) electrons. The number of furan rings is 1. The second-order valence-electron chi connectivity index (χ2n) is 6.12. The number of fused-ring (bicyclic) bond motifs is 1. The highest BCUT2D eigenvalue weighted by Crippen LogP contribution is 2.31. The number of carbonyl (C=O) groups excluding carboxylic acids is 1. The van der Waals surface area contributed by atoms with E-state index in [1.807, 2.05) is 42.5 Å². The second kappa shape index (κ2) is 7.95. The number of nitrogens with one attached hydrogen (secondary N) is 1. The van der Waals surface area contributed by atoms with Gasteiger partial charge in [-0.25, -0.2) is 0 Å². The molecule has 5 nitrogen and oxygen atoms in total. The summed E-state index contributed by atoms with van der Waals surface area (Å²) >= 11 is 0. The summed E-state index contributed by atoms with van der Waals surface area (Å²) in [5.74, 6) is 2.49. The Labute approximate surface area is 152 Å². The highest BCUT2D eigenvalue weighted by atomic mass is 16.5. The molecular formula is C21H23NO4. The van der Waals surface area contributed by atoms with Crippen LogP contribution in [-0.2, 0) is 17.6 Å². The second-order valence-corrected chi connectivity index (χ2v) is 6.12. The van der Waals surface area contributed by atoms with E-state index >= 15 is 0 Å². The zero-order valence-electron chi connectivity index (χ0n) is 15.3. The molecular weight excluding hydrogens is 330 g/mol. The lowest BCUT2D eigenvalue weighted by Crippen LogP contribution is -2.22. The maximum Gasteiger partial charge on any atom is 0.216 e. The summed E-state index contributed by atoms with van der Waals surface area (Å²) < 4.78 is 16.7. The first-order valence-corrected chi connectivity index (χ1v) is 8.56. The highest BCUT2D eigenvalue weighted by molar-refractivity contribution is 5.84. The van der Waals surface area contributed by atoms with E-state index in [4.69, 9.17) is 13.9 Å². The zero-order chi connectivity index (χ0) is 18.5.